The number of benzene rings is 1. The van der Waals surface area contributed by atoms with Gasteiger partial charge in [0.15, 0.2) is 0 Å². The van der Waals surface area contributed by atoms with Gasteiger partial charge in [0.1, 0.15) is 5.82 Å². The maximum Gasteiger partial charge on any atom is 0.128 e. The molecule has 15 heavy (non-hydrogen) atoms. The normalized spacial score (nSPS) is 30.0. The van der Waals surface area contributed by atoms with Crippen molar-refractivity contribution < 1.29 is 9.50 Å². The van der Waals surface area contributed by atoms with Gasteiger partial charge >= 0.3 is 0 Å². The van der Waals surface area contributed by atoms with Gasteiger partial charge in [-0.3, -0.25) is 0 Å². The summed E-state index contributed by atoms with van der Waals surface area (Å²) in [6.45, 7) is 0.350. The van der Waals surface area contributed by atoms with Crippen LogP contribution in [0.5, 0.6) is 0 Å². The highest BCUT2D eigenvalue weighted by molar-refractivity contribution is 6.30. The summed E-state index contributed by atoms with van der Waals surface area (Å²) in [6, 6.07) is 4.61. The summed E-state index contributed by atoms with van der Waals surface area (Å²) in [4.78, 5) is 0. The van der Waals surface area contributed by atoms with E-state index in [0.29, 0.717) is 30.0 Å². The molecule has 1 aromatic carbocycles. The van der Waals surface area contributed by atoms with Gasteiger partial charge in [-0.15, -0.1) is 0 Å². The van der Waals surface area contributed by atoms with Crippen molar-refractivity contribution in [3.8, 4) is 0 Å². The first-order valence-corrected chi connectivity index (χ1v) is 5.29. The molecule has 0 spiro atoms. The van der Waals surface area contributed by atoms with E-state index in [9.17, 15) is 9.50 Å². The fourth-order valence-corrected chi connectivity index (χ4v) is 2.42. The van der Waals surface area contributed by atoms with Gasteiger partial charge in [-0.2, -0.15) is 0 Å². The Morgan fingerprint density at radius 1 is 1.53 bits per heavy atom. The summed E-state index contributed by atoms with van der Waals surface area (Å²) in [6.07, 6.45) is 0.702. The zero-order chi connectivity index (χ0) is 11.1. The van der Waals surface area contributed by atoms with Crippen LogP contribution in [0.25, 0.3) is 0 Å². The number of nitrogens with two attached hydrogens (primary N) is 1. The van der Waals surface area contributed by atoms with Gasteiger partial charge in [-0.1, -0.05) is 17.7 Å². The van der Waals surface area contributed by atoms with Gasteiger partial charge < -0.3 is 10.8 Å². The molecular formula is C11H13ClFNO. The molecule has 0 radical (unpaired) electrons. The summed E-state index contributed by atoms with van der Waals surface area (Å²) in [5.74, 6) is -0.333. The van der Waals surface area contributed by atoms with Gasteiger partial charge in [-0.25, -0.2) is 4.39 Å². The molecule has 1 aliphatic carbocycles. The summed E-state index contributed by atoms with van der Waals surface area (Å²) in [5, 5.41) is 9.70. The van der Waals surface area contributed by atoms with E-state index in [4.69, 9.17) is 17.3 Å². The van der Waals surface area contributed by atoms with E-state index in [2.05, 4.69) is 0 Å². The SMILES string of the molecule is NCC1(c2ccc(Cl)cc2F)CC(O)C1. The molecule has 0 heterocycles. The van der Waals surface area contributed by atoms with E-state index in [1.54, 1.807) is 12.1 Å². The number of rotatable bonds is 2. The second kappa shape index (κ2) is 3.74. The average molecular weight is 230 g/mol. The number of hydrogen-bond acceptors (Lipinski definition) is 2. The topological polar surface area (TPSA) is 46.2 Å². The van der Waals surface area contributed by atoms with Crippen LogP contribution in [0.4, 0.5) is 4.39 Å². The third-order valence-corrected chi connectivity index (χ3v) is 3.38. The van der Waals surface area contributed by atoms with Crippen LogP contribution < -0.4 is 5.73 Å². The van der Waals surface area contributed by atoms with Crippen LogP contribution in [0.2, 0.25) is 5.02 Å². The molecule has 4 heteroatoms. The van der Waals surface area contributed by atoms with Gasteiger partial charge in [0, 0.05) is 17.0 Å². The van der Waals surface area contributed by atoms with E-state index in [-0.39, 0.29) is 11.9 Å². The molecule has 0 saturated heterocycles. The second-order valence-electron chi connectivity index (χ2n) is 4.17. The number of hydrogen-bond donors (Lipinski definition) is 2. The van der Waals surface area contributed by atoms with E-state index >= 15 is 0 Å². The lowest BCUT2D eigenvalue weighted by molar-refractivity contribution is 0.0205. The Hall–Kier alpha value is -0.640. The highest BCUT2D eigenvalue weighted by atomic mass is 35.5. The van der Waals surface area contributed by atoms with Gasteiger partial charge in [0.05, 0.1) is 6.10 Å². The lowest BCUT2D eigenvalue weighted by Crippen LogP contribution is -2.50. The minimum absolute atomic E-state index is 0.333. The van der Waals surface area contributed by atoms with E-state index < -0.39 is 5.41 Å². The van der Waals surface area contributed by atoms with Crippen molar-refractivity contribution in [2.24, 2.45) is 5.73 Å². The molecule has 0 aliphatic heterocycles. The second-order valence-corrected chi connectivity index (χ2v) is 4.61. The van der Waals surface area contributed by atoms with Crippen LogP contribution in [0.15, 0.2) is 18.2 Å². The number of aliphatic hydroxyl groups excluding tert-OH is 1. The molecule has 1 aromatic rings. The first-order chi connectivity index (χ1) is 7.07. The van der Waals surface area contributed by atoms with Crippen molar-refractivity contribution in [1.82, 2.24) is 0 Å². The molecule has 1 saturated carbocycles. The van der Waals surface area contributed by atoms with Crippen molar-refractivity contribution in [2.45, 2.75) is 24.4 Å². The Kier molecular flexibility index (Phi) is 2.71. The Labute approximate surface area is 92.9 Å². The number of halogens is 2. The average Bonchev–Trinajstić information content (AvgIpc) is 2.13. The van der Waals surface area contributed by atoms with Crippen molar-refractivity contribution in [2.75, 3.05) is 6.54 Å². The largest absolute Gasteiger partial charge is 0.393 e. The predicted molar refractivity (Wildman–Crippen MR) is 57.4 cm³/mol. The molecule has 0 aromatic heterocycles. The molecule has 1 fully saturated rings. The quantitative estimate of drug-likeness (QED) is 0.813. The van der Waals surface area contributed by atoms with Crippen LogP contribution in [0, 0.1) is 5.82 Å². The third-order valence-electron chi connectivity index (χ3n) is 3.15. The summed E-state index contributed by atoms with van der Waals surface area (Å²) >= 11 is 5.68. The van der Waals surface area contributed by atoms with Crippen LogP contribution in [0.1, 0.15) is 18.4 Å². The molecular weight excluding hydrogens is 217 g/mol. The highest BCUT2D eigenvalue weighted by Gasteiger charge is 2.45. The third kappa shape index (κ3) is 1.75. The van der Waals surface area contributed by atoms with Crippen LogP contribution in [0.3, 0.4) is 0 Å². The van der Waals surface area contributed by atoms with Gasteiger partial charge in [0.2, 0.25) is 0 Å². The molecule has 0 amide bonds. The predicted octanol–water partition coefficient (Wildman–Crippen LogP) is 1.83. The molecule has 1 aliphatic rings. The Balaban J connectivity index is 2.36. The Morgan fingerprint density at radius 3 is 2.67 bits per heavy atom. The fourth-order valence-electron chi connectivity index (χ4n) is 2.26. The van der Waals surface area contributed by atoms with Crippen LogP contribution in [-0.4, -0.2) is 17.8 Å². The van der Waals surface area contributed by atoms with Crippen molar-refractivity contribution in [3.05, 3.63) is 34.6 Å². The van der Waals surface area contributed by atoms with Crippen molar-refractivity contribution in [1.29, 1.82) is 0 Å². The molecule has 3 N–H and O–H groups in total. The fraction of sp³-hybridized carbons (Fsp3) is 0.455. The maximum absolute atomic E-state index is 13.7. The first kappa shape index (κ1) is 10.9. The standard InChI is InChI=1S/C11H13ClFNO/c12-7-1-2-9(10(13)3-7)11(6-14)4-8(15)5-11/h1-3,8,15H,4-6,14H2. The molecule has 0 atom stereocenters. The summed E-state index contributed by atoms with van der Waals surface area (Å²) in [5.41, 5.74) is 5.83. The van der Waals surface area contributed by atoms with Crippen LogP contribution in [-0.2, 0) is 5.41 Å². The summed E-state index contributed by atoms with van der Waals surface area (Å²) < 4.78 is 13.7. The summed E-state index contributed by atoms with van der Waals surface area (Å²) in [7, 11) is 0. The van der Waals surface area contributed by atoms with Gasteiger partial charge in [-0.05, 0) is 30.5 Å². The molecule has 2 rings (SSSR count). The van der Waals surface area contributed by atoms with E-state index in [0.717, 1.165) is 0 Å². The van der Waals surface area contributed by atoms with Crippen molar-refractivity contribution >= 4 is 11.6 Å². The molecule has 82 valence electrons. The van der Waals surface area contributed by atoms with Crippen molar-refractivity contribution in [3.63, 3.8) is 0 Å². The minimum Gasteiger partial charge on any atom is -0.393 e. The lowest BCUT2D eigenvalue weighted by atomic mass is 9.62. The Bertz CT molecular complexity index is 377. The van der Waals surface area contributed by atoms with Crippen LogP contribution >= 0.6 is 11.6 Å². The lowest BCUT2D eigenvalue weighted by Gasteiger charge is -2.45. The minimum atomic E-state index is -0.395. The first-order valence-electron chi connectivity index (χ1n) is 4.91. The highest BCUT2D eigenvalue weighted by Crippen LogP contribution is 2.44. The number of aliphatic hydroxyl groups is 1. The monoisotopic (exact) mass is 229 g/mol. The van der Waals surface area contributed by atoms with E-state index in [1.165, 1.54) is 6.07 Å². The molecule has 0 bridgehead atoms. The smallest absolute Gasteiger partial charge is 0.128 e. The zero-order valence-electron chi connectivity index (χ0n) is 8.21. The van der Waals surface area contributed by atoms with E-state index in [1.807, 2.05) is 0 Å². The maximum atomic E-state index is 13.7. The molecule has 2 nitrogen and oxygen atoms in total. The molecule has 0 unspecified atom stereocenters. The van der Waals surface area contributed by atoms with Gasteiger partial charge in [0.25, 0.3) is 0 Å². The zero-order valence-corrected chi connectivity index (χ0v) is 8.97. The Morgan fingerprint density at radius 2 is 2.20 bits per heavy atom.